The average Bonchev–Trinajstić information content (AvgIpc) is 3.11. The summed E-state index contributed by atoms with van der Waals surface area (Å²) in [6.07, 6.45) is 1.40. The van der Waals surface area contributed by atoms with E-state index in [0.717, 1.165) is 15.6 Å². The molecule has 0 radical (unpaired) electrons. The van der Waals surface area contributed by atoms with Crippen molar-refractivity contribution in [2.45, 2.75) is 13.8 Å². The van der Waals surface area contributed by atoms with Crippen molar-refractivity contribution in [3.05, 3.63) is 73.9 Å². The molecule has 0 aliphatic heterocycles. The molecule has 0 unspecified atom stereocenters. The zero-order chi connectivity index (χ0) is 21.0. The smallest absolute Gasteiger partial charge is 0.277 e. The Morgan fingerprint density at radius 1 is 1.21 bits per heavy atom. The summed E-state index contributed by atoms with van der Waals surface area (Å²) < 4.78 is 12.1. The van der Waals surface area contributed by atoms with Gasteiger partial charge >= 0.3 is 0 Å². The molecule has 0 bridgehead atoms. The second-order valence-corrected chi connectivity index (χ2v) is 8.00. The van der Waals surface area contributed by atoms with Gasteiger partial charge in [0.1, 0.15) is 17.3 Å². The predicted molar refractivity (Wildman–Crippen MR) is 119 cm³/mol. The monoisotopic (exact) mass is 494 g/mol. The van der Waals surface area contributed by atoms with E-state index in [1.165, 1.54) is 6.21 Å². The molecule has 0 saturated heterocycles. The fourth-order valence-electron chi connectivity index (χ4n) is 2.68. The van der Waals surface area contributed by atoms with E-state index in [4.69, 9.17) is 32.4 Å². The number of amides is 1. The van der Waals surface area contributed by atoms with Crippen LogP contribution < -0.4 is 10.2 Å². The molecule has 2 aromatic carbocycles. The molecule has 0 saturated carbocycles. The van der Waals surface area contributed by atoms with Crippen LogP contribution in [-0.4, -0.2) is 18.7 Å². The maximum Gasteiger partial charge on any atom is 0.277 e. The number of benzene rings is 2. The number of rotatable bonds is 6. The van der Waals surface area contributed by atoms with Crippen LogP contribution in [0, 0.1) is 13.8 Å². The number of furan rings is 1. The van der Waals surface area contributed by atoms with Crippen LogP contribution in [0.3, 0.4) is 0 Å². The number of carbonyl (C=O) groups is 1. The maximum absolute atomic E-state index is 12.0. The Kier molecular flexibility index (Phi) is 7.00. The minimum absolute atomic E-state index is 0.165. The molecule has 0 spiro atoms. The summed E-state index contributed by atoms with van der Waals surface area (Å²) in [6.45, 7) is 3.74. The highest BCUT2D eigenvalue weighted by molar-refractivity contribution is 9.10. The summed E-state index contributed by atoms with van der Waals surface area (Å²) in [5.74, 6) is 1.24. The maximum atomic E-state index is 12.0. The molecule has 0 fully saturated rings. The molecule has 1 N–H and O–H groups in total. The van der Waals surface area contributed by atoms with Gasteiger partial charge in [0.2, 0.25) is 0 Å². The Labute approximate surface area is 186 Å². The van der Waals surface area contributed by atoms with Crippen molar-refractivity contribution in [1.29, 1.82) is 0 Å². The van der Waals surface area contributed by atoms with Gasteiger partial charge in [0.05, 0.1) is 15.7 Å². The summed E-state index contributed by atoms with van der Waals surface area (Å²) in [6, 6.07) is 12.5. The number of hydrogen-bond acceptors (Lipinski definition) is 4. The molecule has 0 aliphatic rings. The number of hydrazone groups is 1. The first-order valence-electron chi connectivity index (χ1n) is 8.60. The van der Waals surface area contributed by atoms with E-state index in [0.29, 0.717) is 32.9 Å². The lowest BCUT2D eigenvalue weighted by molar-refractivity contribution is -0.123. The van der Waals surface area contributed by atoms with Crippen molar-refractivity contribution >= 4 is 51.3 Å². The van der Waals surface area contributed by atoms with E-state index >= 15 is 0 Å². The molecule has 150 valence electrons. The minimum atomic E-state index is -0.391. The van der Waals surface area contributed by atoms with Crippen molar-refractivity contribution in [2.24, 2.45) is 5.10 Å². The van der Waals surface area contributed by atoms with Gasteiger partial charge < -0.3 is 9.15 Å². The lowest BCUT2D eigenvalue weighted by Gasteiger charge is -2.11. The summed E-state index contributed by atoms with van der Waals surface area (Å²) in [5, 5.41) is 4.97. The van der Waals surface area contributed by atoms with Gasteiger partial charge in [-0.3, -0.25) is 4.79 Å². The minimum Gasteiger partial charge on any atom is -0.482 e. The Hall–Kier alpha value is -2.28. The van der Waals surface area contributed by atoms with Gasteiger partial charge in [-0.05, 0) is 77.3 Å². The van der Waals surface area contributed by atoms with Gasteiger partial charge in [-0.15, -0.1) is 0 Å². The molecular formula is C21H17BrCl2N2O3. The summed E-state index contributed by atoms with van der Waals surface area (Å²) in [7, 11) is 0. The first-order valence-corrected chi connectivity index (χ1v) is 10.1. The summed E-state index contributed by atoms with van der Waals surface area (Å²) in [5.41, 5.74) is 5.13. The van der Waals surface area contributed by atoms with Crippen molar-refractivity contribution in [1.82, 2.24) is 5.43 Å². The Balaban J connectivity index is 1.57. The molecule has 5 nitrogen and oxygen atoms in total. The van der Waals surface area contributed by atoms with Crippen LogP contribution in [0.5, 0.6) is 5.75 Å². The van der Waals surface area contributed by atoms with Gasteiger partial charge in [0, 0.05) is 10.6 Å². The fraction of sp³-hybridized carbons (Fsp3) is 0.143. The van der Waals surface area contributed by atoms with E-state index in [1.54, 1.807) is 30.3 Å². The Morgan fingerprint density at radius 2 is 2.00 bits per heavy atom. The van der Waals surface area contributed by atoms with Crippen LogP contribution in [0.1, 0.15) is 16.9 Å². The quantitative estimate of drug-likeness (QED) is 0.329. The normalized spacial score (nSPS) is 11.1. The van der Waals surface area contributed by atoms with Crippen LogP contribution in [0.4, 0.5) is 0 Å². The van der Waals surface area contributed by atoms with Crippen LogP contribution in [-0.2, 0) is 4.79 Å². The lowest BCUT2D eigenvalue weighted by Crippen LogP contribution is -2.24. The largest absolute Gasteiger partial charge is 0.482 e. The molecule has 1 heterocycles. The van der Waals surface area contributed by atoms with Gasteiger partial charge in [0.25, 0.3) is 5.91 Å². The standard InChI is InChI=1S/C21H17BrCl2N2O3/c1-12-7-13(2)21(17(22)8-12)28-11-20(27)26-25-10-15-4-6-19(29-15)16-9-14(23)3-5-18(16)24/h3-10H,11H2,1-2H3,(H,26,27)/b25-10-. The second-order valence-electron chi connectivity index (χ2n) is 6.30. The van der Waals surface area contributed by atoms with Crippen molar-refractivity contribution in [2.75, 3.05) is 6.61 Å². The number of hydrogen-bond donors (Lipinski definition) is 1. The van der Waals surface area contributed by atoms with Crippen molar-refractivity contribution in [3.8, 4) is 17.1 Å². The number of nitrogens with zero attached hydrogens (tertiary/aromatic N) is 1. The second kappa shape index (κ2) is 9.48. The van der Waals surface area contributed by atoms with E-state index in [2.05, 4.69) is 26.5 Å². The molecule has 0 atom stereocenters. The average molecular weight is 496 g/mol. The molecule has 3 rings (SSSR count). The zero-order valence-corrected chi connectivity index (χ0v) is 18.7. The number of aryl methyl sites for hydroxylation is 2. The number of ether oxygens (including phenoxy) is 1. The third-order valence-corrected chi connectivity index (χ3v) is 5.08. The number of carbonyl (C=O) groups excluding carboxylic acids is 1. The number of nitrogens with one attached hydrogen (secondary N) is 1. The third kappa shape index (κ3) is 5.63. The van der Waals surface area contributed by atoms with E-state index in [-0.39, 0.29) is 6.61 Å². The van der Waals surface area contributed by atoms with Gasteiger partial charge in [-0.1, -0.05) is 29.3 Å². The van der Waals surface area contributed by atoms with E-state index in [1.807, 2.05) is 26.0 Å². The van der Waals surface area contributed by atoms with Crippen LogP contribution in [0.15, 0.2) is 56.5 Å². The van der Waals surface area contributed by atoms with Crippen LogP contribution >= 0.6 is 39.1 Å². The van der Waals surface area contributed by atoms with E-state index in [9.17, 15) is 4.79 Å². The molecule has 1 aromatic heterocycles. The summed E-state index contributed by atoms with van der Waals surface area (Å²) in [4.78, 5) is 12.0. The van der Waals surface area contributed by atoms with Gasteiger partial charge in [-0.2, -0.15) is 5.10 Å². The van der Waals surface area contributed by atoms with E-state index < -0.39 is 5.91 Å². The van der Waals surface area contributed by atoms with Crippen LogP contribution in [0.2, 0.25) is 10.0 Å². The van der Waals surface area contributed by atoms with Gasteiger partial charge in [-0.25, -0.2) is 5.43 Å². The molecule has 0 aliphatic carbocycles. The first-order chi connectivity index (χ1) is 13.8. The van der Waals surface area contributed by atoms with Crippen molar-refractivity contribution in [3.63, 3.8) is 0 Å². The third-order valence-electron chi connectivity index (χ3n) is 3.92. The Morgan fingerprint density at radius 3 is 2.76 bits per heavy atom. The molecular weight excluding hydrogens is 479 g/mol. The fourth-order valence-corrected chi connectivity index (χ4v) is 3.85. The molecule has 8 heteroatoms. The van der Waals surface area contributed by atoms with Crippen LogP contribution in [0.25, 0.3) is 11.3 Å². The molecule has 29 heavy (non-hydrogen) atoms. The van der Waals surface area contributed by atoms with Crippen molar-refractivity contribution < 1.29 is 13.9 Å². The topological polar surface area (TPSA) is 63.8 Å². The molecule has 3 aromatic rings. The zero-order valence-electron chi connectivity index (χ0n) is 15.6. The first kappa shape index (κ1) is 21.4. The number of halogens is 3. The highest BCUT2D eigenvalue weighted by Gasteiger charge is 2.10. The lowest BCUT2D eigenvalue weighted by atomic mass is 10.1. The predicted octanol–water partition coefficient (Wildman–Crippen LogP) is 6.16. The highest BCUT2D eigenvalue weighted by Crippen LogP contribution is 2.32. The van der Waals surface area contributed by atoms with Gasteiger partial charge in [0.15, 0.2) is 6.61 Å². The highest BCUT2D eigenvalue weighted by atomic mass is 79.9. The SMILES string of the molecule is Cc1cc(C)c(OCC(=O)N/N=C\c2ccc(-c3cc(Cl)ccc3Cl)o2)c(Br)c1. The summed E-state index contributed by atoms with van der Waals surface area (Å²) >= 11 is 15.6. The molecule has 1 amide bonds. The Bertz CT molecular complexity index is 1060.